The number of aromatic nitrogens is 2. The van der Waals surface area contributed by atoms with Crippen molar-refractivity contribution >= 4 is 27.6 Å². The molecule has 0 atom stereocenters. The van der Waals surface area contributed by atoms with Gasteiger partial charge in [0.1, 0.15) is 11.3 Å². The van der Waals surface area contributed by atoms with Crippen molar-refractivity contribution in [3.63, 3.8) is 0 Å². The van der Waals surface area contributed by atoms with Gasteiger partial charge in [0, 0.05) is 28.1 Å². The maximum Gasteiger partial charge on any atom is 0.150 e. The lowest BCUT2D eigenvalue weighted by Crippen LogP contribution is -1.96. The zero-order valence-corrected chi connectivity index (χ0v) is 15.3. The molecule has 2 aromatic carbocycles. The van der Waals surface area contributed by atoms with E-state index in [0.717, 1.165) is 38.7 Å². The van der Waals surface area contributed by atoms with Crippen molar-refractivity contribution in [3.8, 4) is 17.6 Å². The summed E-state index contributed by atoms with van der Waals surface area (Å²) in [5.74, 6) is 7.65. The number of nitrogen functional groups attached to an aromatic ring is 1. The minimum Gasteiger partial charge on any atom is -0.494 e. The standard InChI is InChI=1S/C23H19N3O/c1-3-27-18-9-7-16(8-10-18)5-6-17-13-20-19-11-4-15(2)12-21(19)26-23(24)22(20)25-14-17/h4,7-14H,3H2,1-2H3,(H2,24,26). The van der Waals surface area contributed by atoms with Crippen LogP contribution in [0, 0.1) is 18.8 Å². The van der Waals surface area contributed by atoms with Crippen molar-refractivity contribution in [1.29, 1.82) is 0 Å². The number of ether oxygens (including phenoxy) is 1. The number of anilines is 1. The molecule has 0 radical (unpaired) electrons. The van der Waals surface area contributed by atoms with E-state index in [1.807, 2.05) is 50.2 Å². The summed E-state index contributed by atoms with van der Waals surface area (Å²) in [4.78, 5) is 8.97. The van der Waals surface area contributed by atoms with Crippen LogP contribution in [0.25, 0.3) is 21.8 Å². The molecule has 0 aliphatic rings. The third-order valence-corrected chi connectivity index (χ3v) is 4.33. The second-order valence-electron chi connectivity index (χ2n) is 6.35. The van der Waals surface area contributed by atoms with Gasteiger partial charge in [0.15, 0.2) is 5.82 Å². The van der Waals surface area contributed by atoms with E-state index in [0.29, 0.717) is 17.9 Å². The molecule has 4 aromatic rings. The topological polar surface area (TPSA) is 61.0 Å². The SMILES string of the molecule is CCOc1ccc(C#Cc2cnc3c(N)nc4cc(C)ccc4c3c2)cc1. The van der Waals surface area contributed by atoms with E-state index in [1.165, 1.54) is 0 Å². The van der Waals surface area contributed by atoms with Crippen LogP contribution in [0.3, 0.4) is 0 Å². The van der Waals surface area contributed by atoms with Gasteiger partial charge in [0.2, 0.25) is 0 Å². The van der Waals surface area contributed by atoms with Crippen LogP contribution in [-0.2, 0) is 0 Å². The quantitative estimate of drug-likeness (QED) is 0.427. The molecule has 4 rings (SSSR count). The van der Waals surface area contributed by atoms with Crippen molar-refractivity contribution in [1.82, 2.24) is 9.97 Å². The van der Waals surface area contributed by atoms with Crippen LogP contribution >= 0.6 is 0 Å². The molecular weight excluding hydrogens is 334 g/mol. The predicted molar refractivity (Wildman–Crippen MR) is 110 cm³/mol. The number of nitrogens with two attached hydrogens (primary N) is 1. The normalized spacial score (nSPS) is 10.6. The number of benzene rings is 2. The summed E-state index contributed by atoms with van der Waals surface area (Å²) in [6.07, 6.45) is 1.74. The maximum absolute atomic E-state index is 6.10. The molecule has 2 aromatic heterocycles. The van der Waals surface area contributed by atoms with Crippen molar-refractivity contribution in [3.05, 3.63) is 71.4 Å². The largest absolute Gasteiger partial charge is 0.494 e. The van der Waals surface area contributed by atoms with Gasteiger partial charge in [-0.05, 0) is 55.8 Å². The molecule has 4 nitrogen and oxygen atoms in total. The van der Waals surface area contributed by atoms with Gasteiger partial charge >= 0.3 is 0 Å². The van der Waals surface area contributed by atoms with Crippen LogP contribution in [-0.4, -0.2) is 16.6 Å². The highest BCUT2D eigenvalue weighted by molar-refractivity contribution is 6.08. The Morgan fingerprint density at radius 2 is 1.74 bits per heavy atom. The van der Waals surface area contributed by atoms with Gasteiger partial charge in [0.25, 0.3) is 0 Å². The second-order valence-corrected chi connectivity index (χ2v) is 6.35. The molecule has 0 saturated heterocycles. The van der Waals surface area contributed by atoms with Crippen LogP contribution in [0.4, 0.5) is 5.82 Å². The van der Waals surface area contributed by atoms with Crippen LogP contribution < -0.4 is 10.5 Å². The fourth-order valence-electron chi connectivity index (χ4n) is 3.03. The lowest BCUT2D eigenvalue weighted by molar-refractivity contribution is 0.340. The molecule has 0 saturated carbocycles. The second kappa shape index (κ2) is 6.97. The van der Waals surface area contributed by atoms with Crippen LogP contribution in [0.1, 0.15) is 23.6 Å². The third-order valence-electron chi connectivity index (χ3n) is 4.33. The summed E-state index contributed by atoms with van der Waals surface area (Å²) in [5, 5.41) is 2.00. The molecule has 0 bridgehead atoms. The maximum atomic E-state index is 6.10. The zero-order chi connectivity index (χ0) is 18.8. The molecule has 0 aliphatic carbocycles. The molecule has 27 heavy (non-hydrogen) atoms. The molecule has 2 N–H and O–H groups in total. The molecule has 132 valence electrons. The van der Waals surface area contributed by atoms with Gasteiger partial charge in [-0.3, -0.25) is 4.98 Å². The van der Waals surface area contributed by atoms with Gasteiger partial charge in [-0.15, -0.1) is 0 Å². The summed E-state index contributed by atoms with van der Waals surface area (Å²) in [7, 11) is 0. The summed E-state index contributed by atoms with van der Waals surface area (Å²) < 4.78 is 5.46. The summed E-state index contributed by atoms with van der Waals surface area (Å²) in [6, 6.07) is 15.9. The number of rotatable bonds is 2. The van der Waals surface area contributed by atoms with Crippen molar-refractivity contribution in [2.75, 3.05) is 12.3 Å². The van der Waals surface area contributed by atoms with Gasteiger partial charge in [-0.1, -0.05) is 24.0 Å². The molecule has 0 fully saturated rings. The molecule has 0 unspecified atom stereocenters. The number of aryl methyl sites for hydroxylation is 1. The summed E-state index contributed by atoms with van der Waals surface area (Å²) >= 11 is 0. The Morgan fingerprint density at radius 1 is 0.963 bits per heavy atom. The van der Waals surface area contributed by atoms with E-state index >= 15 is 0 Å². The smallest absolute Gasteiger partial charge is 0.150 e. The van der Waals surface area contributed by atoms with E-state index in [-0.39, 0.29) is 0 Å². The highest BCUT2D eigenvalue weighted by Crippen LogP contribution is 2.27. The average molecular weight is 353 g/mol. The Bertz CT molecular complexity index is 1200. The Balaban J connectivity index is 1.76. The minimum atomic E-state index is 0.439. The Morgan fingerprint density at radius 3 is 2.52 bits per heavy atom. The molecule has 4 heteroatoms. The predicted octanol–water partition coefficient (Wildman–Crippen LogP) is 4.47. The number of nitrogens with zero attached hydrogens (tertiary/aromatic N) is 2. The lowest BCUT2D eigenvalue weighted by Gasteiger charge is -2.07. The monoisotopic (exact) mass is 353 g/mol. The molecule has 0 amide bonds. The number of hydrogen-bond donors (Lipinski definition) is 1. The van der Waals surface area contributed by atoms with E-state index < -0.39 is 0 Å². The Hall–Kier alpha value is -3.58. The lowest BCUT2D eigenvalue weighted by atomic mass is 10.1. The molecule has 2 heterocycles. The van der Waals surface area contributed by atoms with Gasteiger partial charge in [0.05, 0.1) is 12.1 Å². The van der Waals surface area contributed by atoms with Gasteiger partial charge < -0.3 is 10.5 Å². The highest BCUT2D eigenvalue weighted by Gasteiger charge is 2.08. The average Bonchev–Trinajstić information content (AvgIpc) is 2.67. The zero-order valence-electron chi connectivity index (χ0n) is 15.3. The Labute approximate surface area is 158 Å². The third kappa shape index (κ3) is 3.40. The van der Waals surface area contributed by atoms with Crippen LogP contribution in [0.2, 0.25) is 0 Å². The Kier molecular flexibility index (Phi) is 4.35. The van der Waals surface area contributed by atoms with E-state index in [2.05, 4.69) is 33.9 Å². The highest BCUT2D eigenvalue weighted by atomic mass is 16.5. The van der Waals surface area contributed by atoms with Gasteiger partial charge in [-0.25, -0.2) is 4.98 Å². The van der Waals surface area contributed by atoms with E-state index in [1.54, 1.807) is 6.20 Å². The van der Waals surface area contributed by atoms with E-state index in [9.17, 15) is 0 Å². The van der Waals surface area contributed by atoms with Crippen LogP contribution in [0.15, 0.2) is 54.7 Å². The first-order valence-corrected chi connectivity index (χ1v) is 8.84. The first kappa shape index (κ1) is 16.9. The first-order valence-electron chi connectivity index (χ1n) is 8.84. The van der Waals surface area contributed by atoms with E-state index in [4.69, 9.17) is 10.5 Å². The fraction of sp³-hybridized carbons (Fsp3) is 0.130. The van der Waals surface area contributed by atoms with Gasteiger partial charge in [-0.2, -0.15) is 0 Å². The molecule has 0 spiro atoms. The summed E-state index contributed by atoms with van der Waals surface area (Å²) in [5.41, 5.74) is 10.6. The minimum absolute atomic E-state index is 0.439. The number of pyridine rings is 2. The fourth-order valence-corrected chi connectivity index (χ4v) is 3.03. The van der Waals surface area contributed by atoms with Crippen molar-refractivity contribution < 1.29 is 4.74 Å². The van der Waals surface area contributed by atoms with Crippen molar-refractivity contribution in [2.45, 2.75) is 13.8 Å². The summed E-state index contributed by atoms with van der Waals surface area (Å²) in [6.45, 7) is 4.66. The number of fused-ring (bicyclic) bond motifs is 3. The number of hydrogen-bond acceptors (Lipinski definition) is 4. The first-order chi connectivity index (χ1) is 13.1. The van der Waals surface area contributed by atoms with Crippen LogP contribution in [0.5, 0.6) is 5.75 Å². The molecule has 0 aliphatic heterocycles. The molecular formula is C23H19N3O. The van der Waals surface area contributed by atoms with Crippen molar-refractivity contribution in [2.24, 2.45) is 0 Å².